The van der Waals surface area contributed by atoms with Crippen LogP contribution in [-0.2, 0) is 16.1 Å². The third kappa shape index (κ3) is 4.57. The molecule has 0 radical (unpaired) electrons. The summed E-state index contributed by atoms with van der Waals surface area (Å²) in [5.41, 5.74) is 12.5. The first kappa shape index (κ1) is 16.0. The highest BCUT2D eigenvalue weighted by atomic mass is 16.2. The lowest BCUT2D eigenvalue weighted by Gasteiger charge is -2.25. The summed E-state index contributed by atoms with van der Waals surface area (Å²) in [7, 11) is 0. The van der Waals surface area contributed by atoms with Crippen LogP contribution in [0, 0.1) is 5.92 Å². The van der Waals surface area contributed by atoms with E-state index in [4.69, 9.17) is 11.5 Å². The van der Waals surface area contributed by atoms with Gasteiger partial charge in [0.1, 0.15) is 0 Å². The predicted molar refractivity (Wildman–Crippen MR) is 79.5 cm³/mol. The number of anilines is 1. The lowest BCUT2D eigenvalue weighted by atomic mass is 10.0. The molecule has 110 valence electrons. The van der Waals surface area contributed by atoms with Gasteiger partial charge in [0.25, 0.3) is 0 Å². The average molecular weight is 277 g/mol. The molecule has 20 heavy (non-hydrogen) atoms. The first-order valence-corrected chi connectivity index (χ1v) is 6.89. The number of amides is 2. The highest BCUT2D eigenvalue weighted by molar-refractivity contribution is 5.85. The zero-order valence-electron chi connectivity index (χ0n) is 12.1. The van der Waals surface area contributed by atoms with E-state index >= 15 is 0 Å². The van der Waals surface area contributed by atoms with Gasteiger partial charge in [-0.3, -0.25) is 9.59 Å². The molecule has 4 N–H and O–H groups in total. The summed E-state index contributed by atoms with van der Waals surface area (Å²) in [6, 6.07) is 7.26. The summed E-state index contributed by atoms with van der Waals surface area (Å²) >= 11 is 0. The number of hydrogen-bond donors (Lipinski definition) is 2. The molecule has 0 aromatic heterocycles. The van der Waals surface area contributed by atoms with E-state index in [1.54, 1.807) is 12.1 Å². The Morgan fingerprint density at radius 3 is 2.15 bits per heavy atom. The lowest BCUT2D eigenvalue weighted by Crippen LogP contribution is -2.41. The average Bonchev–Trinajstić information content (AvgIpc) is 2.41. The molecule has 0 heterocycles. The van der Waals surface area contributed by atoms with Crippen molar-refractivity contribution in [1.82, 2.24) is 4.90 Å². The molecule has 2 amide bonds. The summed E-state index contributed by atoms with van der Waals surface area (Å²) in [5.74, 6) is -0.589. The van der Waals surface area contributed by atoms with E-state index in [1.165, 1.54) is 4.90 Å². The number of nitrogens with two attached hydrogens (primary N) is 2. The molecule has 5 nitrogen and oxygen atoms in total. The van der Waals surface area contributed by atoms with Gasteiger partial charge in [-0.1, -0.05) is 26.0 Å². The Kier molecular flexibility index (Phi) is 6.03. The van der Waals surface area contributed by atoms with E-state index in [1.807, 2.05) is 26.0 Å². The summed E-state index contributed by atoms with van der Waals surface area (Å²) in [4.78, 5) is 25.1. The molecule has 0 aliphatic rings. The molecule has 1 aromatic rings. The fourth-order valence-electron chi connectivity index (χ4n) is 2.14. The number of primary amides is 1. The number of carbonyl (C=O) groups excluding carboxylic acids is 2. The van der Waals surface area contributed by atoms with E-state index < -0.39 is 5.91 Å². The van der Waals surface area contributed by atoms with Gasteiger partial charge < -0.3 is 16.4 Å². The Morgan fingerprint density at radius 1 is 1.15 bits per heavy atom. The first-order chi connectivity index (χ1) is 9.47. The van der Waals surface area contributed by atoms with Crippen LogP contribution < -0.4 is 11.5 Å². The Balaban J connectivity index is 2.85. The normalized spacial score (nSPS) is 10.6. The van der Waals surface area contributed by atoms with E-state index in [2.05, 4.69) is 0 Å². The van der Waals surface area contributed by atoms with E-state index in [0.29, 0.717) is 12.2 Å². The van der Waals surface area contributed by atoms with Gasteiger partial charge in [-0.25, -0.2) is 0 Å². The number of carbonyl (C=O) groups is 2. The van der Waals surface area contributed by atoms with Gasteiger partial charge in [0.2, 0.25) is 11.8 Å². The van der Waals surface area contributed by atoms with Crippen LogP contribution in [0.5, 0.6) is 0 Å². The van der Waals surface area contributed by atoms with Crippen molar-refractivity contribution in [3.05, 3.63) is 29.8 Å². The van der Waals surface area contributed by atoms with Gasteiger partial charge >= 0.3 is 0 Å². The van der Waals surface area contributed by atoms with Crippen LogP contribution in [0.25, 0.3) is 0 Å². The molecular formula is C15H23N3O2. The molecule has 5 heteroatoms. The zero-order valence-corrected chi connectivity index (χ0v) is 12.1. The van der Waals surface area contributed by atoms with E-state index in [-0.39, 0.29) is 18.4 Å². The van der Waals surface area contributed by atoms with Gasteiger partial charge in [0.15, 0.2) is 0 Å². The number of benzene rings is 1. The lowest BCUT2D eigenvalue weighted by molar-refractivity contribution is -0.139. The minimum absolute atomic E-state index is 0.0226. The number of rotatable bonds is 7. The minimum Gasteiger partial charge on any atom is -0.399 e. The Morgan fingerprint density at radius 2 is 1.70 bits per heavy atom. The Hall–Kier alpha value is -2.04. The fourth-order valence-corrected chi connectivity index (χ4v) is 2.14. The highest BCUT2D eigenvalue weighted by Gasteiger charge is 2.22. The van der Waals surface area contributed by atoms with Crippen molar-refractivity contribution in [1.29, 1.82) is 0 Å². The molecule has 1 aromatic carbocycles. The van der Waals surface area contributed by atoms with Crippen molar-refractivity contribution in [2.24, 2.45) is 11.7 Å². The van der Waals surface area contributed by atoms with Crippen LogP contribution >= 0.6 is 0 Å². The maximum absolute atomic E-state index is 12.4. The minimum atomic E-state index is -0.500. The molecule has 1 rings (SSSR count). The van der Waals surface area contributed by atoms with Crippen molar-refractivity contribution in [2.45, 2.75) is 33.2 Å². The van der Waals surface area contributed by atoms with Crippen LogP contribution in [0.4, 0.5) is 5.69 Å². The van der Waals surface area contributed by atoms with Gasteiger partial charge in [0.05, 0.1) is 6.54 Å². The zero-order chi connectivity index (χ0) is 15.1. The molecule has 0 unspecified atom stereocenters. The second kappa shape index (κ2) is 7.53. The molecule has 0 spiro atoms. The summed E-state index contributed by atoms with van der Waals surface area (Å²) in [6.07, 6.45) is 1.51. The third-order valence-electron chi connectivity index (χ3n) is 3.35. The fraction of sp³-hybridized carbons (Fsp3) is 0.467. The van der Waals surface area contributed by atoms with E-state index in [9.17, 15) is 9.59 Å². The van der Waals surface area contributed by atoms with Crippen molar-refractivity contribution in [2.75, 3.05) is 12.3 Å². The maximum atomic E-state index is 12.4. The molecule has 0 aliphatic carbocycles. The summed E-state index contributed by atoms with van der Waals surface area (Å²) in [5, 5.41) is 0. The molecule has 0 aliphatic heterocycles. The molecule has 0 atom stereocenters. The van der Waals surface area contributed by atoms with Crippen molar-refractivity contribution >= 4 is 17.5 Å². The third-order valence-corrected chi connectivity index (χ3v) is 3.35. The Bertz CT molecular complexity index is 453. The Labute approximate surface area is 119 Å². The number of hydrogen-bond acceptors (Lipinski definition) is 3. The van der Waals surface area contributed by atoms with Crippen LogP contribution in [-0.4, -0.2) is 23.3 Å². The van der Waals surface area contributed by atoms with Gasteiger partial charge in [0, 0.05) is 18.2 Å². The molecule has 0 bridgehead atoms. The second-order valence-corrected chi connectivity index (χ2v) is 4.92. The van der Waals surface area contributed by atoms with Gasteiger partial charge in [-0.05, 0) is 30.5 Å². The summed E-state index contributed by atoms with van der Waals surface area (Å²) < 4.78 is 0. The standard InChI is InChI=1S/C15H23N3O2/c1-3-12(4-2)15(20)18(10-14(17)19)9-11-5-7-13(16)8-6-11/h5-8,12H,3-4,9-10,16H2,1-2H3,(H2,17,19). The van der Waals surface area contributed by atoms with Crippen molar-refractivity contribution < 1.29 is 9.59 Å². The molecule has 0 saturated heterocycles. The van der Waals surface area contributed by atoms with Crippen LogP contribution in [0.2, 0.25) is 0 Å². The van der Waals surface area contributed by atoms with Crippen LogP contribution in [0.3, 0.4) is 0 Å². The largest absolute Gasteiger partial charge is 0.399 e. The highest BCUT2D eigenvalue weighted by Crippen LogP contribution is 2.15. The predicted octanol–water partition coefficient (Wildman–Crippen LogP) is 1.52. The molecular weight excluding hydrogens is 254 g/mol. The van der Waals surface area contributed by atoms with Crippen molar-refractivity contribution in [3.8, 4) is 0 Å². The number of nitrogen functional groups attached to an aromatic ring is 1. The van der Waals surface area contributed by atoms with Crippen molar-refractivity contribution in [3.63, 3.8) is 0 Å². The first-order valence-electron chi connectivity index (χ1n) is 6.89. The van der Waals surface area contributed by atoms with Gasteiger partial charge in [-0.2, -0.15) is 0 Å². The second-order valence-electron chi connectivity index (χ2n) is 4.92. The quantitative estimate of drug-likeness (QED) is 0.740. The van der Waals surface area contributed by atoms with Crippen LogP contribution in [0.15, 0.2) is 24.3 Å². The van der Waals surface area contributed by atoms with Gasteiger partial charge in [-0.15, -0.1) is 0 Å². The topological polar surface area (TPSA) is 89.4 Å². The smallest absolute Gasteiger partial charge is 0.237 e. The molecule has 0 saturated carbocycles. The number of nitrogens with zero attached hydrogens (tertiary/aromatic N) is 1. The SMILES string of the molecule is CCC(CC)C(=O)N(CC(N)=O)Cc1ccc(N)cc1. The van der Waals surface area contributed by atoms with Crippen LogP contribution in [0.1, 0.15) is 32.3 Å². The maximum Gasteiger partial charge on any atom is 0.237 e. The monoisotopic (exact) mass is 277 g/mol. The van der Waals surface area contributed by atoms with E-state index in [0.717, 1.165) is 18.4 Å². The summed E-state index contributed by atoms with van der Waals surface area (Å²) in [6.45, 7) is 4.26. The molecule has 0 fully saturated rings.